The van der Waals surface area contributed by atoms with Crippen LogP contribution >= 0.6 is 0 Å². The highest BCUT2D eigenvalue weighted by molar-refractivity contribution is 5.84. The van der Waals surface area contributed by atoms with Gasteiger partial charge in [-0.05, 0) is 60.5 Å². The third-order valence-corrected chi connectivity index (χ3v) is 5.96. The summed E-state index contributed by atoms with van der Waals surface area (Å²) in [5.41, 5.74) is 6.09. The third kappa shape index (κ3) is 3.46. The number of fused-ring (bicyclic) bond motifs is 2. The smallest absolute Gasteiger partial charge is 0.306 e. The first-order valence-corrected chi connectivity index (χ1v) is 10.8. The summed E-state index contributed by atoms with van der Waals surface area (Å²) in [4.78, 5) is 17.1. The number of halogens is 1. The van der Waals surface area contributed by atoms with Gasteiger partial charge in [-0.1, -0.05) is 17.3 Å². The van der Waals surface area contributed by atoms with Gasteiger partial charge in [0, 0.05) is 5.56 Å². The molecule has 6 aromatic rings. The van der Waals surface area contributed by atoms with Crippen LogP contribution in [0.25, 0.3) is 39.0 Å². The molecule has 0 amide bonds. The molecule has 9 nitrogen and oxygen atoms in total. The Balaban J connectivity index is 1.46. The van der Waals surface area contributed by atoms with Crippen molar-refractivity contribution in [3.8, 4) is 23.0 Å². The molecular formula is C25H17FN8O. The van der Waals surface area contributed by atoms with Crippen molar-refractivity contribution < 1.29 is 4.39 Å². The van der Waals surface area contributed by atoms with Gasteiger partial charge in [0.15, 0.2) is 5.82 Å². The maximum absolute atomic E-state index is 15.2. The molecule has 3 aromatic heterocycles. The van der Waals surface area contributed by atoms with E-state index in [1.54, 1.807) is 41.2 Å². The van der Waals surface area contributed by atoms with E-state index in [-0.39, 0.29) is 11.2 Å². The first-order chi connectivity index (χ1) is 17.0. The summed E-state index contributed by atoms with van der Waals surface area (Å²) in [7, 11) is 0. The molecule has 3 aromatic carbocycles. The fraction of sp³-hybridized carbons (Fsp3) is 0.0800. The summed E-state index contributed by atoms with van der Waals surface area (Å²) in [5.74, 6) is -0.495. The molecule has 10 heteroatoms. The van der Waals surface area contributed by atoms with E-state index in [1.807, 2.05) is 29.8 Å². The predicted octanol–water partition coefficient (Wildman–Crippen LogP) is 3.82. The van der Waals surface area contributed by atoms with Gasteiger partial charge in [-0.2, -0.15) is 10.4 Å². The minimum absolute atomic E-state index is 0.146. The second kappa shape index (κ2) is 7.78. The summed E-state index contributed by atoms with van der Waals surface area (Å²) in [6.07, 6.45) is 1.74. The monoisotopic (exact) mass is 464 g/mol. The number of aromatic nitrogens is 7. The number of H-pyrrole nitrogens is 2. The number of rotatable bonds is 4. The molecule has 35 heavy (non-hydrogen) atoms. The van der Waals surface area contributed by atoms with Gasteiger partial charge in [0.2, 0.25) is 0 Å². The average Bonchev–Trinajstić information content (AvgIpc) is 3.55. The fourth-order valence-corrected chi connectivity index (χ4v) is 4.30. The Labute approximate surface area is 197 Å². The fourth-order valence-electron chi connectivity index (χ4n) is 4.30. The number of aromatic amines is 2. The van der Waals surface area contributed by atoms with Crippen LogP contribution in [-0.2, 0) is 6.54 Å². The minimum Gasteiger partial charge on any atom is -0.306 e. The van der Waals surface area contributed by atoms with Crippen LogP contribution in [0.2, 0.25) is 0 Å². The zero-order valence-electron chi connectivity index (χ0n) is 18.5. The van der Waals surface area contributed by atoms with E-state index in [1.165, 1.54) is 6.07 Å². The van der Waals surface area contributed by atoms with Crippen molar-refractivity contribution >= 4 is 22.1 Å². The summed E-state index contributed by atoms with van der Waals surface area (Å²) in [6.45, 7) is 2.38. The van der Waals surface area contributed by atoms with Crippen LogP contribution in [0.3, 0.4) is 0 Å². The minimum atomic E-state index is -0.495. The van der Waals surface area contributed by atoms with Gasteiger partial charge in [-0.25, -0.2) is 13.9 Å². The summed E-state index contributed by atoms with van der Waals surface area (Å²) >= 11 is 0. The Morgan fingerprint density at radius 1 is 1.06 bits per heavy atom. The lowest BCUT2D eigenvalue weighted by atomic mass is 10.1. The number of aryl methyl sites for hydroxylation is 1. The molecule has 2 N–H and O–H groups in total. The lowest BCUT2D eigenvalue weighted by molar-refractivity contribution is 0.635. The Morgan fingerprint density at radius 3 is 2.66 bits per heavy atom. The topological polar surface area (TPSA) is 121 Å². The van der Waals surface area contributed by atoms with Crippen LogP contribution < -0.4 is 5.69 Å². The molecule has 0 aliphatic carbocycles. The molecule has 0 aliphatic heterocycles. The van der Waals surface area contributed by atoms with E-state index in [0.29, 0.717) is 39.9 Å². The number of nitriles is 1. The molecule has 3 heterocycles. The molecular weight excluding hydrogens is 447 g/mol. The van der Waals surface area contributed by atoms with Crippen molar-refractivity contribution in [2.24, 2.45) is 0 Å². The first-order valence-electron chi connectivity index (χ1n) is 10.8. The van der Waals surface area contributed by atoms with E-state index in [4.69, 9.17) is 5.26 Å². The molecule has 0 saturated carbocycles. The molecule has 170 valence electrons. The van der Waals surface area contributed by atoms with E-state index < -0.39 is 5.82 Å². The van der Waals surface area contributed by atoms with Gasteiger partial charge in [0.05, 0.1) is 52.3 Å². The lowest BCUT2D eigenvalue weighted by Crippen LogP contribution is -2.05. The quantitative estimate of drug-likeness (QED) is 0.411. The van der Waals surface area contributed by atoms with Crippen LogP contribution in [-0.4, -0.2) is 34.7 Å². The second-order valence-electron chi connectivity index (χ2n) is 8.28. The van der Waals surface area contributed by atoms with Crippen molar-refractivity contribution in [1.82, 2.24) is 34.7 Å². The maximum atomic E-state index is 15.2. The molecule has 0 spiro atoms. The van der Waals surface area contributed by atoms with E-state index in [2.05, 4.69) is 31.4 Å². The Hall–Kier alpha value is -5.04. The van der Waals surface area contributed by atoms with Gasteiger partial charge in [-0.15, -0.1) is 5.10 Å². The van der Waals surface area contributed by atoms with Crippen molar-refractivity contribution in [1.29, 1.82) is 5.26 Å². The number of hydrogen-bond acceptors (Lipinski definition) is 5. The van der Waals surface area contributed by atoms with E-state index in [0.717, 1.165) is 16.8 Å². The number of benzene rings is 3. The van der Waals surface area contributed by atoms with Crippen molar-refractivity contribution in [3.63, 3.8) is 0 Å². The number of nitrogens with one attached hydrogen (secondary N) is 2. The van der Waals surface area contributed by atoms with Crippen molar-refractivity contribution in [2.45, 2.75) is 13.5 Å². The largest absolute Gasteiger partial charge is 0.323 e. The summed E-state index contributed by atoms with van der Waals surface area (Å²) in [6, 6.07) is 18.0. The predicted molar refractivity (Wildman–Crippen MR) is 128 cm³/mol. The van der Waals surface area contributed by atoms with Crippen molar-refractivity contribution in [2.75, 3.05) is 0 Å². The third-order valence-electron chi connectivity index (χ3n) is 5.96. The summed E-state index contributed by atoms with van der Waals surface area (Å²) < 4.78 is 18.5. The Bertz CT molecular complexity index is 1830. The highest BCUT2D eigenvalue weighted by Gasteiger charge is 2.18. The van der Waals surface area contributed by atoms with Crippen LogP contribution in [0.5, 0.6) is 0 Å². The highest BCUT2D eigenvalue weighted by atomic mass is 19.1. The molecule has 0 bridgehead atoms. The standard InChI is InChI=1S/C25H17FN8O/c1-14-12-28-33(13-16-4-2-15(11-27)3-5-16)24(14)17-8-19(26)23-22(9-17)34(32-31-23)18-6-7-20-21(10-18)30-25(35)29-20/h2-10,12H,13H2,1H3,(H2,29,30,35). The van der Waals surface area contributed by atoms with Crippen LogP contribution in [0.4, 0.5) is 4.39 Å². The van der Waals surface area contributed by atoms with Crippen LogP contribution in [0.15, 0.2) is 65.6 Å². The first kappa shape index (κ1) is 20.6. The number of hydrogen-bond donors (Lipinski definition) is 2. The lowest BCUT2D eigenvalue weighted by Gasteiger charge is -2.11. The van der Waals surface area contributed by atoms with Gasteiger partial charge in [0.1, 0.15) is 5.52 Å². The van der Waals surface area contributed by atoms with Gasteiger partial charge in [0.25, 0.3) is 0 Å². The molecule has 0 fully saturated rings. The zero-order valence-corrected chi connectivity index (χ0v) is 18.5. The Kier molecular flexibility index (Phi) is 4.57. The molecule has 0 atom stereocenters. The van der Waals surface area contributed by atoms with Gasteiger partial charge in [-0.3, -0.25) is 4.68 Å². The molecule has 0 radical (unpaired) electrons. The van der Waals surface area contributed by atoms with Crippen molar-refractivity contribution in [3.05, 3.63) is 93.8 Å². The SMILES string of the molecule is Cc1cnn(Cc2ccc(C#N)cc2)c1-c1cc(F)c2nnn(-c3ccc4[nH]c(=O)[nH]c4c3)c2c1. The molecule has 0 saturated heterocycles. The molecule has 0 aliphatic rings. The van der Waals surface area contributed by atoms with E-state index in [9.17, 15) is 4.79 Å². The van der Waals surface area contributed by atoms with Gasteiger partial charge < -0.3 is 9.97 Å². The average molecular weight is 464 g/mol. The van der Waals surface area contributed by atoms with E-state index >= 15 is 4.39 Å². The van der Waals surface area contributed by atoms with Crippen LogP contribution in [0, 0.1) is 24.1 Å². The second-order valence-corrected chi connectivity index (χ2v) is 8.28. The number of imidazole rings is 1. The van der Waals surface area contributed by atoms with Crippen LogP contribution in [0.1, 0.15) is 16.7 Å². The maximum Gasteiger partial charge on any atom is 0.323 e. The Morgan fingerprint density at radius 2 is 1.86 bits per heavy atom. The zero-order chi connectivity index (χ0) is 24.1. The normalized spacial score (nSPS) is 11.3. The summed E-state index contributed by atoms with van der Waals surface area (Å²) in [5, 5.41) is 21.7. The van der Waals surface area contributed by atoms with Gasteiger partial charge >= 0.3 is 5.69 Å². The highest BCUT2D eigenvalue weighted by Crippen LogP contribution is 2.30. The molecule has 6 rings (SSSR count). The molecule has 0 unspecified atom stereocenters. The number of nitrogens with zero attached hydrogens (tertiary/aromatic N) is 6.